The van der Waals surface area contributed by atoms with Crippen molar-refractivity contribution in [2.45, 2.75) is 34.1 Å². The van der Waals surface area contributed by atoms with Crippen LogP contribution in [0.1, 0.15) is 43.1 Å². The van der Waals surface area contributed by atoms with E-state index in [0.717, 1.165) is 25.1 Å². The number of anilines is 1. The number of carbonyl (C=O) groups excluding carboxylic acids is 1. The molecular formula is C15H24N2O. The van der Waals surface area contributed by atoms with Crippen LogP contribution >= 0.6 is 0 Å². The van der Waals surface area contributed by atoms with E-state index < -0.39 is 0 Å². The first-order chi connectivity index (χ1) is 8.49. The molecule has 0 heterocycles. The smallest absolute Gasteiger partial charge is 0.255 e. The minimum absolute atomic E-state index is 0.0373. The third kappa shape index (κ3) is 3.49. The van der Waals surface area contributed by atoms with Crippen LogP contribution in [0.3, 0.4) is 0 Å². The van der Waals surface area contributed by atoms with Crippen molar-refractivity contribution in [3.63, 3.8) is 0 Å². The van der Waals surface area contributed by atoms with Gasteiger partial charge in [-0.1, -0.05) is 26.3 Å². The summed E-state index contributed by atoms with van der Waals surface area (Å²) in [5.74, 6) is 0.552. The zero-order valence-corrected chi connectivity index (χ0v) is 11.9. The molecule has 0 spiro atoms. The molecule has 0 aliphatic rings. The summed E-state index contributed by atoms with van der Waals surface area (Å²) in [6.45, 7) is 9.79. The van der Waals surface area contributed by atoms with Crippen LogP contribution in [-0.2, 0) is 0 Å². The normalized spacial score (nSPS) is 12.2. The van der Waals surface area contributed by atoms with E-state index in [0.29, 0.717) is 17.2 Å². The van der Waals surface area contributed by atoms with Gasteiger partial charge in [-0.15, -0.1) is 0 Å². The van der Waals surface area contributed by atoms with Gasteiger partial charge in [-0.2, -0.15) is 0 Å². The van der Waals surface area contributed by atoms with Crippen LogP contribution in [0.15, 0.2) is 18.2 Å². The molecule has 1 rings (SSSR count). The summed E-state index contributed by atoms with van der Waals surface area (Å²) in [6.07, 6.45) is 1.08. The van der Waals surface area contributed by atoms with E-state index in [-0.39, 0.29) is 5.91 Å². The van der Waals surface area contributed by atoms with Gasteiger partial charge >= 0.3 is 0 Å². The zero-order chi connectivity index (χ0) is 13.7. The van der Waals surface area contributed by atoms with Gasteiger partial charge < -0.3 is 10.6 Å². The lowest BCUT2D eigenvalue weighted by Gasteiger charge is -2.24. The van der Waals surface area contributed by atoms with Crippen LogP contribution in [0, 0.1) is 12.8 Å². The lowest BCUT2D eigenvalue weighted by Crippen LogP contribution is -2.34. The second-order valence-electron chi connectivity index (χ2n) is 4.95. The number of benzene rings is 1. The summed E-state index contributed by atoms with van der Waals surface area (Å²) in [5.41, 5.74) is 8.20. The van der Waals surface area contributed by atoms with E-state index in [4.69, 9.17) is 5.73 Å². The summed E-state index contributed by atoms with van der Waals surface area (Å²) >= 11 is 0. The molecule has 1 unspecified atom stereocenters. The van der Waals surface area contributed by atoms with Gasteiger partial charge in [-0.3, -0.25) is 4.79 Å². The average molecular weight is 248 g/mol. The number of rotatable bonds is 5. The highest BCUT2D eigenvalue weighted by atomic mass is 16.2. The summed E-state index contributed by atoms with van der Waals surface area (Å²) < 4.78 is 0. The monoisotopic (exact) mass is 248 g/mol. The van der Waals surface area contributed by atoms with Gasteiger partial charge in [0.05, 0.1) is 5.56 Å². The predicted molar refractivity (Wildman–Crippen MR) is 76.6 cm³/mol. The Bertz CT molecular complexity index is 415. The topological polar surface area (TPSA) is 46.3 Å². The van der Waals surface area contributed by atoms with Crippen LogP contribution < -0.4 is 5.73 Å². The van der Waals surface area contributed by atoms with Gasteiger partial charge in [-0.05, 0) is 37.5 Å². The number of amides is 1. The van der Waals surface area contributed by atoms with Crippen molar-refractivity contribution >= 4 is 11.6 Å². The van der Waals surface area contributed by atoms with Gasteiger partial charge in [-0.25, -0.2) is 0 Å². The van der Waals surface area contributed by atoms with E-state index >= 15 is 0 Å². The molecule has 18 heavy (non-hydrogen) atoms. The van der Waals surface area contributed by atoms with E-state index in [9.17, 15) is 4.79 Å². The molecule has 0 saturated heterocycles. The molecule has 1 aromatic carbocycles. The van der Waals surface area contributed by atoms with Crippen molar-refractivity contribution in [3.05, 3.63) is 29.3 Å². The second kappa shape index (κ2) is 6.43. The quantitative estimate of drug-likeness (QED) is 0.814. The molecule has 0 aliphatic heterocycles. The zero-order valence-electron chi connectivity index (χ0n) is 11.9. The number of nitrogen functional groups attached to an aromatic ring is 1. The SMILES string of the molecule is CCC(C)CN(CC)C(=O)c1ccc(C)cc1N. The summed E-state index contributed by atoms with van der Waals surface area (Å²) in [7, 11) is 0. The highest BCUT2D eigenvalue weighted by molar-refractivity contribution is 5.99. The number of carbonyl (C=O) groups is 1. The Kier molecular flexibility index (Phi) is 5.20. The highest BCUT2D eigenvalue weighted by Crippen LogP contribution is 2.17. The number of hydrogen-bond donors (Lipinski definition) is 1. The Morgan fingerprint density at radius 3 is 2.56 bits per heavy atom. The molecule has 0 saturated carbocycles. The maximum Gasteiger partial charge on any atom is 0.255 e. The summed E-state index contributed by atoms with van der Waals surface area (Å²) in [6, 6.07) is 5.61. The molecule has 3 nitrogen and oxygen atoms in total. The maximum atomic E-state index is 12.4. The van der Waals surface area contributed by atoms with Crippen molar-refractivity contribution < 1.29 is 4.79 Å². The molecule has 0 bridgehead atoms. The molecule has 1 aromatic rings. The van der Waals surface area contributed by atoms with Crippen molar-refractivity contribution in [1.29, 1.82) is 0 Å². The molecule has 3 heteroatoms. The maximum absolute atomic E-state index is 12.4. The average Bonchev–Trinajstić information content (AvgIpc) is 2.34. The molecule has 1 amide bonds. The number of aryl methyl sites for hydroxylation is 1. The standard InChI is InChI=1S/C15H24N2O/c1-5-11(3)10-17(6-2)15(18)13-8-7-12(4)9-14(13)16/h7-9,11H,5-6,10,16H2,1-4H3. The summed E-state index contributed by atoms with van der Waals surface area (Å²) in [5, 5.41) is 0. The van der Waals surface area contributed by atoms with Gasteiger partial charge in [0.1, 0.15) is 0 Å². The largest absolute Gasteiger partial charge is 0.398 e. The summed E-state index contributed by atoms with van der Waals surface area (Å²) in [4.78, 5) is 14.3. The Morgan fingerprint density at radius 2 is 2.06 bits per heavy atom. The van der Waals surface area contributed by atoms with Crippen LogP contribution in [0.25, 0.3) is 0 Å². The van der Waals surface area contributed by atoms with Crippen molar-refractivity contribution in [3.8, 4) is 0 Å². The molecule has 0 fully saturated rings. The Hall–Kier alpha value is -1.51. The number of hydrogen-bond acceptors (Lipinski definition) is 2. The number of nitrogens with zero attached hydrogens (tertiary/aromatic N) is 1. The Labute approximate surface area is 110 Å². The third-order valence-corrected chi connectivity index (χ3v) is 3.34. The molecule has 0 aliphatic carbocycles. The minimum atomic E-state index is 0.0373. The fraction of sp³-hybridized carbons (Fsp3) is 0.533. The second-order valence-corrected chi connectivity index (χ2v) is 4.95. The predicted octanol–water partition coefficient (Wildman–Crippen LogP) is 3.09. The molecule has 0 radical (unpaired) electrons. The van der Waals surface area contributed by atoms with E-state index in [1.807, 2.05) is 36.9 Å². The van der Waals surface area contributed by atoms with Gasteiger partial charge in [0, 0.05) is 18.8 Å². The fourth-order valence-corrected chi connectivity index (χ4v) is 1.91. The van der Waals surface area contributed by atoms with E-state index in [2.05, 4.69) is 13.8 Å². The third-order valence-electron chi connectivity index (χ3n) is 3.34. The Balaban J connectivity index is 2.89. The minimum Gasteiger partial charge on any atom is -0.398 e. The van der Waals surface area contributed by atoms with Crippen LogP contribution in [0.5, 0.6) is 0 Å². The molecule has 0 aromatic heterocycles. The van der Waals surface area contributed by atoms with Gasteiger partial charge in [0.2, 0.25) is 0 Å². The van der Waals surface area contributed by atoms with Crippen LogP contribution in [0.4, 0.5) is 5.69 Å². The first-order valence-corrected chi connectivity index (χ1v) is 6.64. The van der Waals surface area contributed by atoms with Gasteiger partial charge in [0.25, 0.3) is 5.91 Å². The van der Waals surface area contributed by atoms with Gasteiger partial charge in [0.15, 0.2) is 0 Å². The molecule has 1 atom stereocenters. The lowest BCUT2D eigenvalue weighted by molar-refractivity contribution is 0.0742. The molecular weight excluding hydrogens is 224 g/mol. The Morgan fingerprint density at radius 1 is 1.39 bits per heavy atom. The first-order valence-electron chi connectivity index (χ1n) is 6.64. The lowest BCUT2D eigenvalue weighted by atomic mass is 10.1. The number of nitrogens with two attached hydrogens (primary N) is 1. The van der Waals surface area contributed by atoms with E-state index in [1.54, 1.807) is 0 Å². The first kappa shape index (κ1) is 14.6. The van der Waals surface area contributed by atoms with Crippen molar-refractivity contribution in [2.24, 2.45) is 5.92 Å². The van der Waals surface area contributed by atoms with Crippen molar-refractivity contribution in [1.82, 2.24) is 4.90 Å². The van der Waals surface area contributed by atoms with Crippen LogP contribution in [0.2, 0.25) is 0 Å². The van der Waals surface area contributed by atoms with E-state index in [1.165, 1.54) is 0 Å². The molecule has 2 N–H and O–H groups in total. The van der Waals surface area contributed by atoms with Crippen molar-refractivity contribution in [2.75, 3.05) is 18.8 Å². The fourth-order valence-electron chi connectivity index (χ4n) is 1.91. The highest BCUT2D eigenvalue weighted by Gasteiger charge is 2.18. The van der Waals surface area contributed by atoms with Crippen LogP contribution in [-0.4, -0.2) is 23.9 Å². The molecule has 100 valence electrons.